The Morgan fingerprint density at radius 2 is 1.89 bits per heavy atom. The molecular formula is C18H19ClN2O5S2. The van der Waals surface area contributed by atoms with Crippen LogP contribution in [0.5, 0.6) is 0 Å². The fourth-order valence-electron chi connectivity index (χ4n) is 2.11. The van der Waals surface area contributed by atoms with Crippen molar-refractivity contribution in [2.75, 3.05) is 25.5 Å². The lowest BCUT2D eigenvalue weighted by atomic mass is 10.2. The molecule has 0 unspecified atom stereocenters. The van der Waals surface area contributed by atoms with Gasteiger partial charge in [0.15, 0.2) is 0 Å². The minimum Gasteiger partial charge on any atom is -0.463 e. The second-order valence-electron chi connectivity index (χ2n) is 5.58. The van der Waals surface area contributed by atoms with Gasteiger partial charge in [-0.1, -0.05) is 23.7 Å². The Hall–Kier alpha value is -2.20. The van der Waals surface area contributed by atoms with Crippen LogP contribution in [0.25, 0.3) is 6.08 Å². The first kappa shape index (κ1) is 22.1. The van der Waals surface area contributed by atoms with E-state index in [0.717, 1.165) is 21.2 Å². The molecule has 0 radical (unpaired) electrons. The van der Waals surface area contributed by atoms with Gasteiger partial charge in [0.2, 0.25) is 5.91 Å². The Kier molecular flexibility index (Phi) is 7.76. The molecule has 0 bridgehead atoms. The molecule has 0 spiro atoms. The van der Waals surface area contributed by atoms with Crippen molar-refractivity contribution < 1.29 is 22.7 Å². The predicted molar refractivity (Wildman–Crippen MR) is 110 cm³/mol. The third-order valence-electron chi connectivity index (χ3n) is 3.47. The van der Waals surface area contributed by atoms with Crippen LogP contribution in [0.2, 0.25) is 4.34 Å². The van der Waals surface area contributed by atoms with Crippen LogP contribution >= 0.6 is 22.9 Å². The minimum atomic E-state index is -3.78. The summed E-state index contributed by atoms with van der Waals surface area (Å²) in [5.74, 6) is -0.917. The van der Waals surface area contributed by atoms with Crippen LogP contribution in [0, 0.1) is 0 Å². The van der Waals surface area contributed by atoms with E-state index in [1.165, 1.54) is 25.3 Å². The average Bonchev–Trinajstić information content (AvgIpc) is 3.08. The maximum Gasteiger partial charge on any atom is 0.330 e. The number of hydrogen-bond acceptors (Lipinski definition) is 6. The molecule has 2 aromatic rings. The number of esters is 1. The van der Waals surface area contributed by atoms with Crippen LogP contribution in [0.3, 0.4) is 0 Å². The van der Waals surface area contributed by atoms with Gasteiger partial charge in [-0.25, -0.2) is 13.2 Å². The summed E-state index contributed by atoms with van der Waals surface area (Å²) in [6.07, 6.45) is 2.91. The summed E-state index contributed by atoms with van der Waals surface area (Å²) in [6, 6.07) is 9.61. The SMILES string of the molecule is CCOC(=O)C=Cc1ccc(NC(=O)CN(C)S(=O)(=O)c2ccc(Cl)s2)cc1. The summed E-state index contributed by atoms with van der Waals surface area (Å²) in [7, 11) is -2.45. The predicted octanol–water partition coefficient (Wildman–Crippen LogP) is 3.24. The zero-order valence-corrected chi connectivity index (χ0v) is 17.6. The van der Waals surface area contributed by atoms with Gasteiger partial charge in [-0.3, -0.25) is 4.79 Å². The van der Waals surface area contributed by atoms with Gasteiger partial charge in [-0.05, 0) is 42.8 Å². The molecule has 7 nitrogen and oxygen atoms in total. The molecule has 150 valence electrons. The van der Waals surface area contributed by atoms with Crippen molar-refractivity contribution in [3.05, 3.63) is 52.4 Å². The van der Waals surface area contributed by atoms with Gasteiger partial charge in [-0.2, -0.15) is 4.31 Å². The second-order valence-corrected chi connectivity index (χ2v) is 9.56. The number of ether oxygens (including phenoxy) is 1. The van der Waals surface area contributed by atoms with E-state index in [1.807, 2.05) is 0 Å². The lowest BCUT2D eigenvalue weighted by Crippen LogP contribution is -2.34. The zero-order valence-electron chi connectivity index (χ0n) is 15.2. The number of rotatable bonds is 8. The van der Waals surface area contributed by atoms with E-state index in [0.29, 0.717) is 16.6 Å². The molecule has 0 saturated heterocycles. The molecule has 10 heteroatoms. The number of carbonyl (C=O) groups excluding carboxylic acids is 2. The fourth-order valence-corrected chi connectivity index (χ4v) is 4.93. The highest BCUT2D eigenvalue weighted by atomic mass is 35.5. The number of likely N-dealkylation sites (N-methyl/N-ethyl adjacent to an activating group) is 1. The number of amides is 1. The van der Waals surface area contributed by atoms with Gasteiger partial charge in [0.05, 0.1) is 17.5 Å². The van der Waals surface area contributed by atoms with Crippen LogP contribution < -0.4 is 5.32 Å². The largest absolute Gasteiger partial charge is 0.463 e. The van der Waals surface area contributed by atoms with Gasteiger partial charge in [-0.15, -0.1) is 11.3 Å². The van der Waals surface area contributed by atoms with Gasteiger partial charge in [0.1, 0.15) is 4.21 Å². The topological polar surface area (TPSA) is 92.8 Å². The molecular weight excluding hydrogens is 424 g/mol. The summed E-state index contributed by atoms with van der Waals surface area (Å²) in [6.45, 7) is 1.68. The molecule has 0 aliphatic heterocycles. The number of benzene rings is 1. The summed E-state index contributed by atoms with van der Waals surface area (Å²) < 4.78 is 31.0. The summed E-state index contributed by atoms with van der Waals surface area (Å²) in [5.41, 5.74) is 1.25. The molecule has 0 fully saturated rings. The summed E-state index contributed by atoms with van der Waals surface area (Å²) in [4.78, 5) is 23.5. The van der Waals surface area contributed by atoms with Crippen molar-refractivity contribution in [2.45, 2.75) is 11.1 Å². The first-order valence-corrected chi connectivity index (χ1v) is 10.8. The van der Waals surface area contributed by atoms with Gasteiger partial charge >= 0.3 is 5.97 Å². The number of sulfonamides is 1. The molecule has 1 aromatic carbocycles. The molecule has 0 aliphatic carbocycles. The lowest BCUT2D eigenvalue weighted by molar-refractivity contribution is -0.137. The van der Waals surface area contributed by atoms with E-state index in [2.05, 4.69) is 5.32 Å². The summed E-state index contributed by atoms with van der Waals surface area (Å²) in [5, 5.41) is 2.63. The van der Waals surface area contributed by atoms with Crippen molar-refractivity contribution in [1.29, 1.82) is 0 Å². The number of hydrogen-bond donors (Lipinski definition) is 1. The van der Waals surface area contributed by atoms with Crippen LogP contribution in [0.15, 0.2) is 46.7 Å². The van der Waals surface area contributed by atoms with Crippen LogP contribution in [0.1, 0.15) is 12.5 Å². The molecule has 1 aromatic heterocycles. The first-order valence-electron chi connectivity index (χ1n) is 8.19. The van der Waals surface area contributed by atoms with Gasteiger partial charge in [0, 0.05) is 18.8 Å². The first-order chi connectivity index (χ1) is 13.2. The van der Waals surface area contributed by atoms with Crippen molar-refractivity contribution in [3.63, 3.8) is 0 Å². The average molecular weight is 443 g/mol. The Morgan fingerprint density at radius 3 is 2.46 bits per heavy atom. The summed E-state index contributed by atoms with van der Waals surface area (Å²) >= 11 is 6.71. The Bertz CT molecular complexity index is 968. The number of nitrogens with one attached hydrogen (secondary N) is 1. The highest BCUT2D eigenvalue weighted by Crippen LogP contribution is 2.27. The highest BCUT2D eigenvalue weighted by molar-refractivity contribution is 7.91. The second kappa shape index (κ2) is 9.83. The molecule has 1 N–H and O–H groups in total. The molecule has 1 heterocycles. The minimum absolute atomic E-state index is 0.0746. The molecule has 2 rings (SSSR count). The van der Waals surface area contributed by atoms with Crippen molar-refractivity contribution in [3.8, 4) is 0 Å². The van der Waals surface area contributed by atoms with Crippen LogP contribution in [-0.4, -0.2) is 44.8 Å². The zero-order chi connectivity index (χ0) is 20.7. The lowest BCUT2D eigenvalue weighted by Gasteiger charge is -2.15. The number of carbonyl (C=O) groups is 2. The molecule has 0 aliphatic rings. The number of halogens is 1. The van der Waals surface area contributed by atoms with Crippen molar-refractivity contribution >= 4 is 56.6 Å². The maximum atomic E-state index is 12.4. The van der Waals surface area contributed by atoms with Crippen LogP contribution in [0.4, 0.5) is 5.69 Å². The van der Waals surface area contributed by atoms with E-state index in [4.69, 9.17) is 16.3 Å². The third-order valence-corrected chi connectivity index (χ3v) is 6.97. The van der Waals surface area contributed by atoms with E-state index in [-0.39, 0.29) is 10.8 Å². The highest BCUT2D eigenvalue weighted by Gasteiger charge is 2.24. The normalized spacial score (nSPS) is 11.7. The Balaban J connectivity index is 1.94. The van der Waals surface area contributed by atoms with E-state index >= 15 is 0 Å². The maximum absolute atomic E-state index is 12.4. The molecule has 0 atom stereocenters. The quantitative estimate of drug-likeness (QED) is 0.500. The fraction of sp³-hybridized carbons (Fsp3) is 0.222. The van der Waals surface area contributed by atoms with E-state index in [9.17, 15) is 18.0 Å². The Morgan fingerprint density at radius 1 is 1.21 bits per heavy atom. The standard InChI is InChI=1S/C18H19ClN2O5S2/c1-3-26-17(23)10-6-13-4-7-14(8-5-13)20-16(22)12-21(2)28(24,25)18-11-9-15(19)27-18/h4-11H,3,12H2,1-2H3,(H,20,22). The molecule has 28 heavy (non-hydrogen) atoms. The van der Waals surface area contributed by atoms with Crippen molar-refractivity contribution in [1.82, 2.24) is 4.31 Å². The number of nitrogens with zero attached hydrogens (tertiary/aromatic N) is 1. The van der Waals surface area contributed by atoms with Gasteiger partial charge < -0.3 is 10.1 Å². The monoisotopic (exact) mass is 442 g/mol. The third kappa shape index (κ3) is 6.16. The van der Waals surface area contributed by atoms with E-state index in [1.54, 1.807) is 37.3 Å². The smallest absolute Gasteiger partial charge is 0.330 e. The van der Waals surface area contributed by atoms with E-state index < -0.39 is 21.9 Å². The van der Waals surface area contributed by atoms with Crippen molar-refractivity contribution in [2.24, 2.45) is 0 Å². The molecule has 1 amide bonds. The van der Waals surface area contributed by atoms with Gasteiger partial charge in [0.25, 0.3) is 10.0 Å². The number of anilines is 1. The Labute approximate surface area is 172 Å². The van der Waals surface area contributed by atoms with Crippen LogP contribution in [-0.2, 0) is 24.3 Å². The number of thiophene rings is 1. The molecule has 0 saturated carbocycles.